The minimum atomic E-state index is -4.84. The molecule has 10 heteroatoms. The van der Waals surface area contributed by atoms with Gasteiger partial charge in [-0.2, -0.15) is 0 Å². The van der Waals surface area contributed by atoms with Crippen molar-refractivity contribution in [1.82, 2.24) is 4.98 Å². The third kappa shape index (κ3) is 5.73. The van der Waals surface area contributed by atoms with E-state index in [0.29, 0.717) is 11.1 Å². The SMILES string of the molecule is O=C([O-])c1ccncc1Nc1ccc(-c2cccc(OC(F)(F)F)c2)cc1F.[Li+]. The van der Waals surface area contributed by atoms with Crippen LogP contribution in [0, 0.1) is 5.82 Å². The van der Waals surface area contributed by atoms with Crippen molar-refractivity contribution in [3.8, 4) is 16.9 Å². The van der Waals surface area contributed by atoms with Gasteiger partial charge in [0.1, 0.15) is 11.6 Å². The summed E-state index contributed by atoms with van der Waals surface area (Å²) in [5, 5.41) is 13.7. The van der Waals surface area contributed by atoms with E-state index >= 15 is 0 Å². The topological polar surface area (TPSA) is 74.3 Å². The van der Waals surface area contributed by atoms with E-state index in [1.165, 1.54) is 42.7 Å². The van der Waals surface area contributed by atoms with Crippen molar-refractivity contribution >= 4 is 17.3 Å². The van der Waals surface area contributed by atoms with Gasteiger partial charge in [-0.3, -0.25) is 4.98 Å². The van der Waals surface area contributed by atoms with Crippen LogP contribution in [0.15, 0.2) is 60.9 Å². The van der Waals surface area contributed by atoms with E-state index in [0.717, 1.165) is 18.2 Å². The average Bonchev–Trinajstić information content (AvgIpc) is 2.62. The number of ether oxygens (including phenoxy) is 1. The second-order valence-corrected chi connectivity index (χ2v) is 5.60. The third-order valence-corrected chi connectivity index (χ3v) is 3.68. The van der Waals surface area contributed by atoms with Crippen LogP contribution >= 0.6 is 0 Å². The Balaban J connectivity index is 0.00000300. The molecule has 0 saturated carbocycles. The maximum absolute atomic E-state index is 14.5. The number of aromatic carboxylic acids is 1. The number of anilines is 2. The van der Waals surface area contributed by atoms with Crippen LogP contribution in [0.3, 0.4) is 0 Å². The summed E-state index contributed by atoms with van der Waals surface area (Å²) < 4.78 is 55.4. The van der Waals surface area contributed by atoms with Crippen molar-refractivity contribution in [3.63, 3.8) is 0 Å². The standard InChI is InChI=1S/C19H12F4N2O3.Li/c20-15-9-12(11-2-1-3-13(8-11)28-19(21,22)23)4-5-16(15)25-17-10-24-7-6-14(17)18(26)27;/h1-10,25H,(H,26,27);/q;+1/p-1. The van der Waals surface area contributed by atoms with Crippen LogP contribution in [-0.2, 0) is 0 Å². The van der Waals surface area contributed by atoms with Gasteiger partial charge in [0.2, 0.25) is 0 Å². The van der Waals surface area contributed by atoms with Gasteiger partial charge in [-0.1, -0.05) is 18.2 Å². The Labute approximate surface area is 174 Å². The van der Waals surface area contributed by atoms with Gasteiger partial charge in [0.25, 0.3) is 0 Å². The van der Waals surface area contributed by atoms with E-state index in [4.69, 9.17) is 0 Å². The predicted molar refractivity (Wildman–Crippen MR) is 90.4 cm³/mol. The number of carboxylic acids is 1. The number of hydrogen-bond acceptors (Lipinski definition) is 5. The summed E-state index contributed by atoms with van der Waals surface area (Å²) in [5.74, 6) is -2.63. The fraction of sp³-hybridized carbons (Fsp3) is 0.0526. The zero-order valence-electron chi connectivity index (χ0n) is 15.0. The van der Waals surface area contributed by atoms with Crippen molar-refractivity contribution in [2.45, 2.75) is 6.36 Å². The summed E-state index contributed by atoms with van der Waals surface area (Å²) in [5.41, 5.74) is 0.415. The zero-order chi connectivity index (χ0) is 20.3. The number of rotatable bonds is 5. The molecule has 0 spiro atoms. The number of alkyl halides is 3. The normalized spacial score (nSPS) is 10.8. The number of hydrogen-bond donors (Lipinski definition) is 1. The molecule has 0 aliphatic rings. The van der Waals surface area contributed by atoms with Gasteiger partial charge < -0.3 is 20.0 Å². The molecule has 3 rings (SSSR count). The van der Waals surface area contributed by atoms with Crippen molar-refractivity contribution in [2.75, 3.05) is 5.32 Å². The summed E-state index contributed by atoms with van der Waals surface area (Å²) in [6.45, 7) is 0. The largest absolute Gasteiger partial charge is 1.00 e. The van der Waals surface area contributed by atoms with E-state index in [1.54, 1.807) is 0 Å². The van der Waals surface area contributed by atoms with Crippen LogP contribution < -0.4 is 34.0 Å². The summed E-state index contributed by atoms with van der Waals surface area (Å²) >= 11 is 0. The van der Waals surface area contributed by atoms with E-state index in [1.807, 2.05) is 0 Å². The van der Waals surface area contributed by atoms with Crippen LogP contribution in [-0.4, -0.2) is 17.3 Å². The van der Waals surface area contributed by atoms with Crippen molar-refractivity contribution in [2.24, 2.45) is 0 Å². The molecule has 0 saturated heterocycles. The summed E-state index contributed by atoms with van der Waals surface area (Å²) in [6, 6.07) is 10.2. The molecular formula is C19H11F4LiN2O3. The smallest absolute Gasteiger partial charge is 0.545 e. The van der Waals surface area contributed by atoms with Crippen molar-refractivity contribution in [1.29, 1.82) is 0 Å². The molecule has 0 atom stereocenters. The third-order valence-electron chi connectivity index (χ3n) is 3.68. The maximum Gasteiger partial charge on any atom is 1.00 e. The quantitative estimate of drug-likeness (QED) is 0.511. The monoisotopic (exact) mass is 398 g/mol. The number of aromatic nitrogens is 1. The van der Waals surface area contributed by atoms with Gasteiger partial charge in [0.15, 0.2) is 0 Å². The number of halogens is 4. The van der Waals surface area contributed by atoms with Gasteiger partial charge in [-0.25, -0.2) is 4.39 Å². The number of carbonyl (C=O) groups excluding carboxylic acids is 1. The van der Waals surface area contributed by atoms with Crippen LogP contribution in [0.1, 0.15) is 10.4 Å². The molecule has 1 N–H and O–H groups in total. The fourth-order valence-corrected chi connectivity index (χ4v) is 2.49. The second kappa shape index (κ2) is 8.99. The minimum absolute atomic E-state index is 0. The van der Waals surface area contributed by atoms with Gasteiger partial charge in [0, 0.05) is 11.8 Å². The van der Waals surface area contributed by atoms with E-state index in [9.17, 15) is 27.5 Å². The Morgan fingerprint density at radius 3 is 2.41 bits per heavy atom. The molecule has 2 aromatic carbocycles. The Kier molecular flexibility index (Phi) is 6.90. The van der Waals surface area contributed by atoms with Crippen molar-refractivity contribution < 1.29 is 51.1 Å². The molecule has 0 aliphatic carbocycles. The molecular weight excluding hydrogens is 387 g/mol. The van der Waals surface area contributed by atoms with Crippen LogP contribution in [0.25, 0.3) is 11.1 Å². The molecule has 0 bridgehead atoms. The molecule has 1 aromatic heterocycles. The number of pyridine rings is 1. The Morgan fingerprint density at radius 2 is 1.76 bits per heavy atom. The fourth-order valence-electron chi connectivity index (χ4n) is 2.49. The molecule has 5 nitrogen and oxygen atoms in total. The number of benzene rings is 2. The molecule has 144 valence electrons. The Morgan fingerprint density at radius 1 is 1.03 bits per heavy atom. The zero-order valence-corrected chi connectivity index (χ0v) is 15.0. The summed E-state index contributed by atoms with van der Waals surface area (Å²) in [4.78, 5) is 14.9. The van der Waals surface area contributed by atoms with E-state index in [-0.39, 0.29) is 35.8 Å². The van der Waals surface area contributed by atoms with Gasteiger partial charge in [0.05, 0.1) is 23.5 Å². The number of carboxylic acid groups (broad SMARTS) is 1. The predicted octanol–water partition coefficient (Wildman–Crippen LogP) is 0.897. The first-order valence-electron chi connectivity index (χ1n) is 7.81. The van der Waals surface area contributed by atoms with E-state index in [2.05, 4.69) is 15.0 Å². The van der Waals surface area contributed by atoms with Gasteiger partial charge >= 0.3 is 25.2 Å². The molecule has 0 fully saturated rings. The molecule has 29 heavy (non-hydrogen) atoms. The molecule has 3 aromatic rings. The first-order valence-corrected chi connectivity index (χ1v) is 7.81. The molecule has 0 unspecified atom stereocenters. The molecule has 0 amide bonds. The average molecular weight is 398 g/mol. The Bertz CT molecular complexity index is 1030. The van der Waals surface area contributed by atoms with Crippen LogP contribution in [0.4, 0.5) is 28.9 Å². The van der Waals surface area contributed by atoms with Gasteiger partial charge in [-0.05, 0) is 41.5 Å². The summed E-state index contributed by atoms with van der Waals surface area (Å²) in [7, 11) is 0. The molecule has 0 aliphatic heterocycles. The number of nitrogens with zero attached hydrogens (tertiary/aromatic N) is 1. The summed E-state index contributed by atoms with van der Waals surface area (Å²) in [6.07, 6.45) is -2.37. The first-order chi connectivity index (χ1) is 13.2. The van der Waals surface area contributed by atoms with E-state index < -0.39 is 23.9 Å². The van der Waals surface area contributed by atoms with Crippen molar-refractivity contribution in [3.05, 3.63) is 72.3 Å². The number of carbonyl (C=O) groups is 1. The number of nitrogens with one attached hydrogen (secondary N) is 1. The van der Waals surface area contributed by atoms with Crippen LogP contribution in [0.2, 0.25) is 0 Å². The van der Waals surface area contributed by atoms with Crippen LogP contribution in [0.5, 0.6) is 5.75 Å². The first kappa shape index (κ1) is 22.3. The molecule has 1 heterocycles. The Hall–Kier alpha value is -3.02. The van der Waals surface area contributed by atoms with Gasteiger partial charge in [-0.15, -0.1) is 13.2 Å². The minimum Gasteiger partial charge on any atom is -0.545 e. The molecule has 0 radical (unpaired) electrons. The maximum atomic E-state index is 14.5. The second-order valence-electron chi connectivity index (χ2n) is 5.60.